The summed E-state index contributed by atoms with van der Waals surface area (Å²) in [5.41, 5.74) is 2.13. The summed E-state index contributed by atoms with van der Waals surface area (Å²) in [6.07, 6.45) is 1.62. The highest BCUT2D eigenvalue weighted by atomic mass is 16.5. The minimum atomic E-state index is 0.220. The molecule has 1 fully saturated rings. The zero-order valence-corrected chi connectivity index (χ0v) is 9.82. The average Bonchev–Trinajstić information content (AvgIpc) is 2.18. The Kier molecular flexibility index (Phi) is 3.13. The number of hydrogen-bond acceptors (Lipinski definition) is 2. The van der Waals surface area contributed by atoms with Crippen LogP contribution in [0.1, 0.15) is 17.5 Å². The summed E-state index contributed by atoms with van der Waals surface area (Å²) in [6, 6.07) is 5.94. The predicted molar refractivity (Wildman–Crippen MR) is 62.6 cm³/mol. The summed E-state index contributed by atoms with van der Waals surface area (Å²) >= 11 is 0. The molecule has 0 atom stereocenters. The SMILES string of the molecule is COc1cc(CC(=O)N2CCC2)ccc1C. The lowest BCUT2D eigenvalue weighted by Gasteiger charge is -2.31. The number of hydrogen-bond donors (Lipinski definition) is 0. The van der Waals surface area contributed by atoms with Gasteiger partial charge in [0.15, 0.2) is 0 Å². The summed E-state index contributed by atoms with van der Waals surface area (Å²) in [5, 5.41) is 0. The topological polar surface area (TPSA) is 29.5 Å². The molecule has 0 unspecified atom stereocenters. The first-order valence-electron chi connectivity index (χ1n) is 5.62. The van der Waals surface area contributed by atoms with Crippen LogP contribution in [0.3, 0.4) is 0 Å². The predicted octanol–water partition coefficient (Wildman–Crippen LogP) is 1.78. The molecule has 0 spiro atoms. The van der Waals surface area contributed by atoms with E-state index in [0.717, 1.165) is 36.4 Å². The van der Waals surface area contributed by atoms with Gasteiger partial charge in [-0.2, -0.15) is 0 Å². The van der Waals surface area contributed by atoms with E-state index in [2.05, 4.69) is 0 Å². The summed E-state index contributed by atoms with van der Waals surface area (Å²) in [4.78, 5) is 13.7. The van der Waals surface area contributed by atoms with E-state index in [4.69, 9.17) is 4.74 Å². The third-order valence-electron chi connectivity index (χ3n) is 3.04. The Labute approximate surface area is 96.0 Å². The van der Waals surface area contributed by atoms with Crippen LogP contribution in [-0.2, 0) is 11.2 Å². The molecule has 1 amide bonds. The number of aryl methyl sites for hydroxylation is 1. The molecule has 0 aliphatic carbocycles. The molecule has 1 saturated heterocycles. The van der Waals surface area contributed by atoms with E-state index >= 15 is 0 Å². The van der Waals surface area contributed by atoms with Gasteiger partial charge in [-0.1, -0.05) is 12.1 Å². The van der Waals surface area contributed by atoms with Gasteiger partial charge in [-0.25, -0.2) is 0 Å². The van der Waals surface area contributed by atoms with Gasteiger partial charge in [0.2, 0.25) is 5.91 Å². The minimum absolute atomic E-state index is 0.220. The fourth-order valence-corrected chi connectivity index (χ4v) is 1.83. The summed E-state index contributed by atoms with van der Waals surface area (Å²) in [6.45, 7) is 3.84. The van der Waals surface area contributed by atoms with E-state index in [-0.39, 0.29) is 5.91 Å². The van der Waals surface area contributed by atoms with Crippen LogP contribution in [0.5, 0.6) is 5.75 Å². The van der Waals surface area contributed by atoms with Crippen molar-refractivity contribution in [2.45, 2.75) is 19.8 Å². The molecular formula is C13H17NO2. The number of ether oxygens (including phenoxy) is 1. The Hall–Kier alpha value is -1.51. The zero-order valence-electron chi connectivity index (χ0n) is 9.82. The monoisotopic (exact) mass is 219 g/mol. The fourth-order valence-electron chi connectivity index (χ4n) is 1.83. The fraction of sp³-hybridized carbons (Fsp3) is 0.462. The van der Waals surface area contributed by atoms with Gasteiger partial charge >= 0.3 is 0 Å². The minimum Gasteiger partial charge on any atom is -0.496 e. The average molecular weight is 219 g/mol. The van der Waals surface area contributed by atoms with Crippen LogP contribution >= 0.6 is 0 Å². The van der Waals surface area contributed by atoms with Crippen molar-refractivity contribution in [1.82, 2.24) is 4.90 Å². The molecule has 3 heteroatoms. The maximum Gasteiger partial charge on any atom is 0.226 e. The molecule has 0 N–H and O–H groups in total. The van der Waals surface area contributed by atoms with Crippen molar-refractivity contribution in [1.29, 1.82) is 0 Å². The second-order valence-electron chi connectivity index (χ2n) is 4.22. The lowest BCUT2D eigenvalue weighted by Crippen LogP contribution is -2.42. The maximum atomic E-state index is 11.8. The van der Waals surface area contributed by atoms with Crippen LogP contribution in [0.4, 0.5) is 0 Å². The lowest BCUT2D eigenvalue weighted by molar-refractivity contribution is -0.133. The Bertz CT molecular complexity index is 397. The molecule has 0 aromatic heterocycles. The first kappa shape index (κ1) is 11.0. The molecule has 1 aliphatic heterocycles. The molecule has 2 rings (SSSR count). The van der Waals surface area contributed by atoms with Crippen LogP contribution in [-0.4, -0.2) is 31.0 Å². The number of rotatable bonds is 3. The standard InChI is InChI=1S/C13H17NO2/c1-10-4-5-11(8-12(10)16-2)9-13(15)14-6-3-7-14/h4-5,8H,3,6-7,9H2,1-2H3. The Morgan fingerprint density at radius 1 is 1.44 bits per heavy atom. The van der Waals surface area contributed by atoms with Crippen molar-refractivity contribution in [3.8, 4) is 5.75 Å². The van der Waals surface area contributed by atoms with Crippen molar-refractivity contribution in [2.75, 3.05) is 20.2 Å². The van der Waals surface area contributed by atoms with Crippen LogP contribution in [0.25, 0.3) is 0 Å². The normalized spacial score (nSPS) is 14.5. The Morgan fingerprint density at radius 2 is 2.19 bits per heavy atom. The summed E-state index contributed by atoms with van der Waals surface area (Å²) in [7, 11) is 1.66. The number of methoxy groups -OCH3 is 1. The number of benzene rings is 1. The Morgan fingerprint density at radius 3 is 2.75 bits per heavy atom. The van der Waals surface area contributed by atoms with Crippen LogP contribution in [0.15, 0.2) is 18.2 Å². The number of carbonyl (C=O) groups is 1. The third kappa shape index (κ3) is 2.18. The third-order valence-corrected chi connectivity index (χ3v) is 3.04. The van der Waals surface area contributed by atoms with Crippen LogP contribution in [0, 0.1) is 6.92 Å². The first-order valence-corrected chi connectivity index (χ1v) is 5.62. The summed E-state index contributed by atoms with van der Waals surface area (Å²) in [5.74, 6) is 1.08. The van der Waals surface area contributed by atoms with Crippen molar-refractivity contribution in [3.05, 3.63) is 29.3 Å². The highest BCUT2D eigenvalue weighted by molar-refractivity contribution is 5.79. The maximum absolute atomic E-state index is 11.8. The van der Waals surface area contributed by atoms with Gasteiger partial charge in [-0.3, -0.25) is 4.79 Å². The highest BCUT2D eigenvalue weighted by Gasteiger charge is 2.20. The largest absolute Gasteiger partial charge is 0.496 e. The number of carbonyl (C=O) groups excluding carboxylic acids is 1. The van der Waals surface area contributed by atoms with E-state index in [9.17, 15) is 4.79 Å². The number of amides is 1. The Balaban J connectivity index is 2.06. The smallest absolute Gasteiger partial charge is 0.226 e. The second kappa shape index (κ2) is 4.56. The lowest BCUT2D eigenvalue weighted by atomic mass is 10.1. The van der Waals surface area contributed by atoms with Gasteiger partial charge in [0.1, 0.15) is 5.75 Å². The van der Waals surface area contributed by atoms with E-state index in [1.54, 1.807) is 7.11 Å². The second-order valence-corrected chi connectivity index (χ2v) is 4.22. The molecule has 1 aromatic rings. The van der Waals surface area contributed by atoms with Crippen molar-refractivity contribution < 1.29 is 9.53 Å². The van der Waals surface area contributed by atoms with E-state index in [1.165, 1.54) is 0 Å². The van der Waals surface area contributed by atoms with Crippen molar-refractivity contribution in [3.63, 3.8) is 0 Å². The molecular weight excluding hydrogens is 202 g/mol. The quantitative estimate of drug-likeness (QED) is 0.775. The molecule has 3 nitrogen and oxygen atoms in total. The molecule has 86 valence electrons. The van der Waals surface area contributed by atoms with E-state index in [0.29, 0.717) is 6.42 Å². The molecule has 0 bridgehead atoms. The van der Waals surface area contributed by atoms with Gasteiger partial charge in [0.25, 0.3) is 0 Å². The van der Waals surface area contributed by atoms with Gasteiger partial charge < -0.3 is 9.64 Å². The molecule has 0 radical (unpaired) electrons. The van der Waals surface area contributed by atoms with Gasteiger partial charge in [-0.05, 0) is 30.5 Å². The molecule has 1 aliphatic rings. The molecule has 0 saturated carbocycles. The zero-order chi connectivity index (χ0) is 11.5. The molecule has 16 heavy (non-hydrogen) atoms. The van der Waals surface area contributed by atoms with E-state index < -0.39 is 0 Å². The van der Waals surface area contributed by atoms with Gasteiger partial charge in [0.05, 0.1) is 13.5 Å². The number of likely N-dealkylation sites (tertiary alicyclic amines) is 1. The first-order chi connectivity index (χ1) is 7.70. The summed E-state index contributed by atoms with van der Waals surface area (Å²) < 4.78 is 5.24. The highest BCUT2D eigenvalue weighted by Crippen LogP contribution is 2.20. The van der Waals surface area contributed by atoms with E-state index in [1.807, 2.05) is 30.0 Å². The van der Waals surface area contributed by atoms with Gasteiger partial charge in [-0.15, -0.1) is 0 Å². The molecule has 1 heterocycles. The van der Waals surface area contributed by atoms with Crippen molar-refractivity contribution >= 4 is 5.91 Å². The number of nitrogens with zero attached hydrogens (tertiary/aromatic N) is 1. The van der Waals surface area contributed by atoms with Crippen LogP contribution < -0.4 is 4.74 Å². The van der Waals surface area contributed by atoms with Crippen molar-refractivity contribution in [2.24, 2.45) is 0 Å². The van der Waals surface area contributed by atoms with Crippen LogP contribution in [0.2, 0.25) is 0 Å². The van der Waals surface area contributed by atoms with Gasteiger partial charge in [0, 0.05) is 13.1 Å². The molecule has 1 aromatic carbocycles.